The summed E-state index contributed by atoms with van der Waals surface area (Å²) >= 11 is 0. The van der Waals surface area contributed by atoms with Gasteiger partial charge in [0.2, 0.25) is 0 Å². The Morgan fingerprint density at radius 1 is 1.08 bits per heavy atom. The topological polar surface area (TPSA) is 49.7 Å². The van der Waals surface area contributed by atoms with E-state index >= 15 is 0 Å². The second-order valence-corrected chi connectivity index (χ2v) is 8.13. The van der Waals surface area contributed by atoms with Crippen LogP contribution in [0.5, 0.6) is 0 Å². The lowest BCUT2D eigenvalue weighted by atomic mass is 9.94. The number of hydrogen-bond donors (Lipinski definition) is 1. The Balaban J connectivity index is 1.43. The second kappa shape index (κ2) is 6.23. The highest BCUT2D eigenvalue weighted by atomic mass is 15.3. The number of fused-ring (bicyclic) bond motifs is 1. The standard InChI is InChI=1S/C21H27N5/c1-14(2)26-19-6-4-3-5-17(19)20(24-26)21-22-13-18(23-21)15-9-11-25(12-10-15)16-7-8-16/h3-6,13-16H,7-12H2,1-2H3,(H,22,23). The lowest BCUT2D eigenvalue weighted by Gasteiger charge is -2.31. The summed E-state index contributed by atoms with van der Waals surface area (Å²) in [7, 11) is 0. The molecule has 1 aromatic carbocycles. The Kier molecular flexibility index (Phi) is 3.85. The molecule has 0 radical (unpaired) electrons. The van der Waals surface area contributed by atoms with Gasteiger partial charge in [0.05, 0.1) is 5.52 Å². The molecule has 2 fully saturated rings. The van der Waals surface area contributed by atoms with Crippen molar-refractivity contribution in [3.05, 3.63) is 36.2 Å². The zero-order valence-corrected chi connectivity index (χ0v) is 15.7. The van der Waals surface area contributed by atoms with Crippen molar-refractivity contribution in [3.8, 4) is 11.5 Å². The zero-order valence-electron chi connectivity index (χ0n) is 15.7. The lowest BCUT2D eigenvalue weighted by molar-refractivity contribution is 0.202. The minimum atomic E-state index is 0.329. The highest BCUT2D eigenvalue weighted by molar-refractivity contribution is 5.91. The van der Waals surface area contributed by atoms with Gasteiger partial charge in [0, 0.05) is 35.3 Å². The molecule has 0 spiro atoms. The molecule has 1 aliphatic heterocycles. The van der Waals surface area contributed by atoms with Crippen molar-refractivity contribution in [3.63, 3.8) is 0 Å². The van der Waals surface area contributed by atoms with Gasteiger partial charge < -0.3 is 9.88 Å². The van der Waals surface area contributed by atoms with E-state index in [9.17, 15) is 0 Å². The van der Waals surface area contributed by atoms with Gasteiger partial charge in [-0.1, -0.05) is 18.2 Å². The number of aromatic nitrogens is 4. The number of benzene rings is 1. The Hall–Kier alpha value is -2.14. The minimum absolute atomic E-state index is 0.329. The van der Waals surface area contributed by atoms with Crippen LogP contribution in [0, 0.1) is 0 Å². The van der Waals surface area contributed by atoms with Gasteiger partial charge in [-0.2, -0.15) is 5.10 Å². The highest BCUT2D eigenvalue weighted by Crippen LogP contribution is 2.35. The van der Waals surface area contributed by atoms with Gasteiger partial charge in [-0.25, -0.2) is 4.98 Å². The number of imidazole rings is 1. The Morgan fingerprint density at radius 3 is 2.58 bits per heavy atom. The quantitative estimate of drug-likeness (QED) is 0.762. The molecule has 5 nitrogen and oxygen atoms in total. The highest BCUT2D eigenvalue weighted by Gasteiger charge is 2.32. The Morgan fingerprint density at radius 2 is 1.85 bits per heavy atom. The maximum absolute atomic E-state index is 4.88. The first kappa shape index (κ1) is 16.1. The van der Waals surface area contributed by atoms with Crippen LogP contribution in [0.25, 0.3) is 22.4 Å². The predicted molar refractivity (Wildman–Crippen MR) is 104 cm³/mol. The van der Waals surface area contributed by atoms with E-state index in [2.05, 4.69) is 52.7 Å². The fraction of sp³-hybridized carbons (Fsp3) is 0.524. The van der Waals surface area contributed by atoms with Crippen molar-refractivity contribution >= 4 is 10.9 Å². The van der Waals surface area contributed by atoms with Gasteiger partial charge in [-0.15, -0.1) is 0 Å². The summed E-state index contributed by atoms with van der Waals surface area (Å²) in [6, 6.07) is 9.66. The first-order valence-electron chi connectivity index (χ1n) is 9.97. The molecule has 136 valence electrons. The van der Waals surface area contributed by atoms with Gasteiger partial charge in [0.25, 0.3) is 0 Å². The molecule has 1 saturated carbocycles. The molecule has 2 aliphatic rings. The van der Waals surface area contributed by atoms with Crippen LogP contribution in [-0.2, 0) is 0 Å². The molecule has 1 N–H and O–H groups in total. The van der Waals surface area contributed by atoms with Crippen LogP contribution < -0.4 is 0 Å². The molecule has 5 rings (SSSR count). The van der Waals surface area contributed by atoms with Gasteiger partial charge in [-0.3, -0.25) is 4.68 Å². The van der Waals surface area contributed by atoms with E-state index in [-0.39, 0.29) is 0 Å². The van der Waals surface area contributed by atoms with Crippen LogP contribution in [0.1, 0.15) is 57.2 Å². The summed E-state index contributed by atoms with van der Waals surface area (Å²) in [5.74, 6) is 1.50. The molecule has 0 atom stereocenters. The normalized spacial score (nSPS) is 19.7. The third kappa shape index (κ3) is 2.75. The Bertz CT molecular complexity index is 910. The SMILES string of the molecule is CC(C)n1nc(-c2ncc(C3CCN(C4CC4)CC3)[nH]2)c2ccccc21. The molecule has 0 unspecified atom stereocenters. The van der Waals surface area contributed by atoms with Crippen LogP contribution in [0.4, 0.5) is 0 Å². The predicted octanol–water partition coefficient (Wildman–Crippen LogP) is 4.35. The average molecular weight is 349 g/mol. The third-order valence-electron chi connectivity index (χ3n) is 5.96. The number of para-hydroxylation sites is 1. The lowest BCUT2D eigenvalue weighted by Crippen LogP contribution is -2.34. The van der Waals surface area contributed by atoms with Crippen molar-refractivity contribution < 1.29 is 0 Å². The summed E-state index contributed by atoms with van der Waals surface area (Å²) in [5.41, 5.74) is 3.42. The fourth-order valence-electron chi connectivity index (χ4n) is 4.34. The molecule has 5 heteroatoms. The number of nitrogens with one attached hydrogen (secondary N) is 1. The van der Waals surface area contributed by atoms with Crippen molar-refractivity contribution in [1.29, 1.82) is 0 Å². The molecule has 3 heterocycles. The maximum Gasteiger partial charge on any atom is 0.158 e. The van der Waals surface area contributed by atoms with Crippen molar-refractivity contribution in [2.75, 3.05) is 13.1 Å². The largest absolute Gasteiger partial charge is 0.340 e. The van der Waals surface area contributed by atoms with Crippen LogP contribution in [0.2, 0.25) is 0 Å². The summed E-state index contributed by atoms with van der Waals surface area (Å²) in [4.78, 5) is 11.0. The van der Waals surface area contributed by atoms with Crippen LogP contribution in [0.3, 0.4) is 0 Å². The number of nitrogens with zero attached hydrogens (tertiary/aromatic N) is 4. The molecular weight excluding hydrogens is 322 g/mol. The number of aromatic amines is 1. The summed E-state index contributed by atoms with van der Waals surface area (Å²) in [6.07, 6.45) is 7.32. The monoisotopic (exact) mass is 349 g/mol. The Labute approximate surface area is 154 Å². The van der Waals surface area contributed by atoms with E-state index in [1.54, 1.807) is 0 Å². The number of hydrogen-bond acceptors (Lipinski definition) is 3. The summed E-state index contributed by atoms with van der Waals surface area (Å²) in [5, 5.41) is 6.05. The smallest absolute Gasteiger partial charge is 0.158 e. The molecule has 2 aromatic heterocycles. The van der Waals surface area contributed by atoms with Gasteiger partial charge in [0.15, 0.2) is 5.82 Å². The number of rotatable bonds is 4. The third-order valence-corrected chi connectivity index (χ3v) is 5.96. The molecule has 0 bridgehead atoms. The van der Waals surface area contributed by atoms with E-state index in [4.69, 9.17) is 10.1 Å². The van der Waals surface area contributed by atoms with E-state index in [0.29, 0.717) is 12.0 Å². The molecule has 26 heavy (non-hydrogen) atoms. The van der Waals surface area contributed by atoms with E-state index in [1.807, 2.05) is 6.20 Å². The maximum atomic E-state index is 4.88. The number of H-pyrrole nitrogens is 1. The van der Waals surface area contributed by atoms with Gasteiger partial charge >= 0.3 is 0 Å². The zero-order chi connectivity index (χ0) is 17.7. The summed E-state index contributed by atoms with van der Waals surface area (Å²) in [6.45, 7) is 6.80. The first-order chi connectivity index (χ1) is 12.7. The number of piperidine rings is 1. The fourth-order valence-corrected chi connectivity index (χ4v) is 4.34. The van der Waals surface area contributed by atoms with Crippen LogP contribution in [0.15, 0.2) is 30.5 Å². The minimum Gasteiger partial charge on any atom is -0.340 e. The van der Waals surface area contributed by atoms with E-state index < -0.39 is 0 Å². The van der Waals surface area contributed by atoms with Crippen molar-refractivity contribution in [1.82, 2.24) is 24.6 Å². The molecule has 3 aromatic rings. The number of likely N-dealkylation sites (tertiary alicyclic amines) is 1. The van der Waals surface area contributed by atoms with E-state index in [1.165, 1.54) is 55.4 Å². The molecular formula is C21H27N5. The molecule has 0 amide bonds. The van der Waals surface area contributed by atoms with Gasteiger partial charge in [-0.05, 0) is 58.7 Å². The van der Waals surface area contributed by atoms with Gasteiger partial charge in [0.1, 0.15) is 5.69 Å². The van der Waals surface area contributed by atoms with E-state index in [0.717, 1.165) is 17.6 Å². The first-order valence-corrected chi connectivity index (χ1v) is 9.97. The van der Waals surface area contributed by atoms with Crippen LogP contribution >= 0.6 is 0 Å². The van der Waals surface area contributed by atoms with Crippen molar-refractivity contribution in [2.45, 2.75) is 57.5 Å². The molecule has 1 saturated heterocycles. The second-order valence-electron chi connectivity index (χ2n) is 8.13. The van der Waals surface area contributed by atoms with Crippen LogP contribution in [-0.4, -0.2) is 43.8 Å². The van der Waals surface area contributed by atoms with Crippen molar-refractivity contribution in [2.24, 2.45) is 0 Å². The molecule has 1 aliphatic carbocycles. The average Bonchev–Trinajstić information content (AvgIpc) is 3.26. The summed E-state index contributed by atoms with van der Waals surface area (Å²) < 4.78 is 2.10.